The minimum absolute atomic E-state index is 0.217. The van der Waals surface area contributed by atoms with E-state index < -0.39 is 0 Å². The molecule has 6 heteroatoms. The van der Waals surface area contributed by atoms with Gasteiger partial charge >= 0.3 is 0 Å². The van der Waals surface area contributed by atoms with Gasteiger partial charge in [0.15, 0.2) is 0 Å². The van der Waals surface area contributed by atoms with E-state index in [9.17, 15) is 4.79 Å². The average Bonchev–Trinajstić information content (AvgIpc) is 3.28. The maximum atomic E-state index is 12.8. The molecule has 3 aromatic carbocycles. The van der Waals surface area contributed by atoms with E-state index in [4.69, 9.17) is 9.47 Å². The van der Waals surface area contributed by atoms with Crippen LogP contribution in [0, 0.1) is 0 Å². The molecule has 156 valence electrons. The summed E-state index contributed by atoms with van der Waals surface area (Å²) in [6, 6.07) is 23.2. The number of nitrogens with one attached hydrogen (secondary N) is 1. The number of methoxy groups -OCH3 is 2. The number of carbonyl (C=O) groups is 1. The Bertz CT molecular complexity index is 1170. The van der Waals surface area contributed by atoms with E-state index in [1.54, 1.807) is 31.3 Å². The molecule has 1 amide bonds. The molecule has 0 spiro atoms. The minimum atomic E-state index is -0.217. The zero-order valence-electron chi connectivity index (χ0n) is 17.4. The molecule has 4 aromatic rings. The Labute approximate surface area is 181 Å². The van der Waals surface area contributed by atoms with Gasteiger partial charge in [-0.1, -0.05) is 42.5 Å². The van der Waals surface area contributed by atoms with Gasteiger partial charge in [0.05, 0.1) is 32.5 Å². The van der Waals surface area contributed by atoms with Crippen molar-refractivity contribution in [2.24, 2.45) is 0 Å². The number of amides is 1. The second-order valence-electron chi connectivity index (χ2n) is 7.01. The molecule has 31 heavy (non-hydrogen) atoms. The smallest absolute Gasteiger partial charge is 0.258 e. The second kappa shape index (κ2) is 9.17. The fourth-order valence-electron chi connectivity index (χ4n) is 3.32. The lowest BCUT2D eigenvalue weighted by atomic mass is 10.0. The molecular formula is C25H23N3O3. The predicted molar refractivity (Wildman–Crippen MR) is 121 cm³/mol. The molecule has 0 aliphatic heterocycles. The highest BCUT2D eigenvalue weighted by molar-refractivity contribution is 6.04. The number of hydrogen-bond donors (Lipinski definition) is 1. The van der Waals surface area contributed by atoms with Gasteiger partial charge in [-0.15, -0.1) is 0 Å². The number of nitrogens with zero attached hydrogens (tertiary/aromatic N) is 2. The first kappa shape index (κ1) is 20.2. The molecule has 0 saturated heterocycles. The van der Waals surface area contributed by atoms with Gasteiger partial charge in [-0.05, 0) is 41.5 Å². The molecule has 1 heterocycles. The van der Waals surface area contributed by atoms with Crippen LogP contribution in [0.2, 0.25) is 0 Å². The minimum Gasteiger partial charge on any atom is -0.497 e. The number of hydrogen-bond acceptors (Lipinski definition) is 4. The first-order valence-electron chi connectivity index (χ1n) is 9.86. The van der Waals surface area contributed by atoms with Crippen LogP contribution in [0.1, 0.15) is 15.9 Å². The van der Waals surface area contributed by atoms with Gasteiger partial charge in [0.2, 0.25) is 0 Å². The zero-order valence-corrected chi connectivity index (χ0v) is 17.4. The topological polar surface area (TPSA) is 65.4 Å². The third-order valence-corrected chi connectivity index (χ3v) is 4.94. The molecular weight excluding hydrogens is 390 g/mol. The van der Waals surface area contributed by atoms with Crippen LogP contribution in [-0.4, -0.2) is 29.9 Å². The van der Waals surface area contributed by atoms with Crippen LogP contribution >= 0.6 is 0 Å². The Morgan fingerprint density at radius 1 is 0.968 bits per heavy atom. The Morgan fingerprint density at radius 3 is 2.45 bits per heavy atom. The van der Waals surface area contributed by atoms with E-state index in [1.807, 2.05) is 72.8 Å². The molecule has 0 bridgehead atoms. The normalized spacial score (nSPS) is 10.5. The monoisotopic (exact) mass is 413 g/mol. The molecule has 0 radical (unpaired) electrons. The number of aromatic nitrogens is 2. The first-order valence-corrected chi connectivity index (χ1v) is 9.86. The molecule has 0 saturated carbocycles. The first-order chi connectivity index (χ1) is 15.2. The molecule has 6 nitrogen and oxygen atoms in total. The fraction of sp³-hybridized carbons (Fsp3) is 0.120. The maximum absolute atomic E-state index is 12.8. The molecule has 0 fully saturated rings. The Hall–Kier alpha value is -4.06. The molecule has 4 rings (SSSR count). The van der Waals surface area contributed by atoms with Crippen LogP contribution in [0.3, 0.4) is 0 Å². The number of anilines is 1. The lowest BCUT2D eigenvalue weighted by molar-refractivity contribution is 0.102. The molecule has 0 unspecified atom stereocenters. The van der Waals surface area contributed by atoms with Gasteiger partial charge in [-0.2, -0.15) is 5.10 Å². The molecule has 1 aromatic heterocycles. The van der Waals surface area contributed by atoms with Crippen molar-refractivity contribution in [2.75, 3.05) is 19.5 Å². The number of benzene rings is 3. The summed E-state index contributed by atoms with van der Waals surface area (Å²) in [6.45, 7) is 0.609. The van der Waals surface area contributed by atoms with Crippen molar-refractivity contribution in [2.45, 2.75) is 6.54 Å². The van der Waals surface area contributed by atoms with Crippen LogP contribution in [0.15, 0.2) is 85.2 Å². The Balaban J connectivity index is 1.52. The van der Waals surface area contributed by atoms with Crippen LogP contribution in [0.25, 0.3) is 11.1 Å². The summed E-state index contributed by atoms with van der Waals surface area (Å²) in [5.41, 5.74) is 4.13. The predicted octanol–water partition coefficient (Wildman–Crippen LogP) is 4.87. The lowest BCUT2D eigenvalue weighted by Crippen LogP contribution is -2.11. The van der Waals surface area contributed by atoms with Crippen LogP contribution < -0.4 is 14.8 Å². The Kier molecular flexibility index (Phi) is 5.98. The number of rotatable bonds is 7. The summed E-state index contributed by atoms with van der Waals surface area (Å²) in [5, 5.41) is 7.25. The zero-order chi connectivity index (χ0) is 21.6. The van der Waals surface area contributed by atoms with E-state index in [0.29, 0.717) is 17.8 Å². The summed E-state index contributed by atoms with van der Waals surface area (Å²) in [6.07, 6.45) is 3.32. The number of carbonyl (C=O) groups excluding carboxylic acids is 1. The lowest BCUT2D eigenvalue weighted by Gasteiger charge is -2.12. The van der Waals surface area contributed by atoms with E-state index >= 15 is 0 Å². The van der Waals surface area contributed by atoms with Gasteiger partial charge in [-0.3, -0.25) is 9.48 Å². The van der Waals surface area contributed by atoms with Gasteiger partial charge in [-0.25, -0.2) is 0 Å². The third-order valence-electron chi connectivity index (χ3n) is 4.94. The number of ether oxygens (including phenoxy) is 2. The highest BCUT2D eigenvalue weighted by atomic mass is 16.5. The summed E-state index contributed by atoms with van der Waals surface area (Å²) >= 11 is 0. The largest absolute Gasteiger partial charge is 0.497 e. The summed E-state index contributed by atoms with van der Waals surface area (Å²) in [7, 11) is 3.26. The molecule has 1 N–H and O–H groups in total. The SMILES string of the molecule is COc1ccc(-c2cc(NC(=O)c3cnn(Cc4ccccc4)c3)ccc2OC)cc1. The van der Waals surface area contributed by atoms with Gasteiger partial charge in [0.25, 0.3) is 5.91 Å². The van der Waals surface area contributed by atoms with E-state index in [0.717, 1.165) is 28.2 Å². The highest BCUT2D eigenvalue weighted by Crippen LogP contribution is 2.33. The maximum Gasteiger partial charge on any atom is 0.258 e. The summed E-state index contributed by atoms with van der Waals surface area (Å²) in [4.78, 5) is 12.8. The van der Waals surface area contributed by atoms with Crippen molar-refractivity contribution in [1.29, 1.82) is 0 Å². The van der Waals surface area contributed by atoms with Crippen LogP contribution in [0.5, 0.6) is 11.5 Å². The van der Waals surface area contributed by atoms with Gasteiger partial charge in [0.1, 0.15) is 11.5 Å². The van der Waals surface area contributed by atoms with Crippen LogP contribution in [0.4, 0.5) is 5.69 Å². The van der Waals surface area contributed by atoms with Crippen molar-refractivity contribution in [1.82, 2.24) is 9.78 Å². The van der Waals surface area contributed by atoms with Crippen molar-refractivity contribution in [3.8, 4) is 22.6 Å². The average molecular weight is 413 g/mol. The van der Waals surface area contributed by atoms with Crippen molar-refractivity contribution in [3.63, 3.8) is 0 Å². The van der Waals surface area contributed by atoms with Gasteiger partial charge < -0.3 is 14.8 Å². The third kappa shape index (κ3) is 4.75. The Morgan fingerprint density at radius 2 is 1.74 bits per heavy atom. The highest BCUT2D eigenvalue weighted by Gasteiger charge is 2.12. The summed E-state index contributed by atoms with van der Waals surface area (Å²) in [5.74, 6) is 1.28. The molecule has 0 aliphatic rings. The second-order valence-corrected chi connectivity index (χ2v) is 7.01. The van der Waals surface area contributed by atoms with Crippen molar-refractivity contribution >= 4 is 11.6 Å². The summed E-state index contributed by atoms with van der Waals surface area (Å²) < 4.78 is 12.5. The molecule has 0 aliphatic carbocycles. The molecule has 0 atom stereocenters. The standard InChI is InChI=1S/C25H23N3O3/c1-30-22-11-8-19(9-12-22)23-14-21(10-13-24(23)31-2)27-25(29)20-15-26-28(17-20)16-18-6-4-3-5-7-18/h3-15,17H,16H2,1-2H3,(H,27,29). The fourth-order valence-corrected chi connectivity index (χ4v) is 3.32. The van der Waals surface area contributed by atoms with E-state index in [2.05, 4.69) is 10.4 Å². The van der Waals surface area contributed by atoms with E-state index in [1.165, 1.54) is 0 Å². The van der Waals surface area contributed by atoms with Crippen molar-refractivity contribution < 1.29 is 14.3 Å². The van der Waals surface area contributed by atoms with Crippen molar-refractivity contribution in [3.05, 3.63) is 96.3 Å². The quantitative estimate of drug-likeness (QED) is 0.470. The van der Waals surface area contributed by atoms with Gasteiger partial charge in [0, 0.05) is 17.4 Å². The van der Waals surface area contributed by atoms with E-state index in [-0.39, 0.29) is 5.91 Å². The van der Waals surface area contributed by atoms with Crippen LogP contribution in [-0.2, 0) is 6.54 Å².